The number of fused-ring (bicyclic) bond motifs is 1. The van der Waals surface area contributed by atoms with Crippen molar-refractivity contribution in [2.75, 3.05) is 50.2 Å². The molecule has 0 saturated heterocycles. The number of hydrogen-bond acceptors (Lipinski definition) is 9. The highest BCUT2D eigenvalue weighted by atomic mass is 35.5. The second-order valence-electron chi connectivity index (χ2n) is 8.21. The van der Waals surface area contributed by atoms with Crippen molar-refractivity contribution in [2.45, 2.75) is 30.1 Å². The molecule has 0 aliphatic heterocycles. The number of thiazole rings is 1. The van der Waals surface area contributed by atoms with Crippen molar-refractivity contribution in [3.63, 3.8) is 0 Å². The highest BCUT2D eigenvalue weighted by Gasteiger charge is 2.24. The minimum atomic E-state index is -3.68. The summed E-state index contributed by atoms with van der Waals surface area (Å²) in [6, 6.07) is 10.7. The van der Waals surface area contributed by atoms with Gasteiger partial charge in [0.15, 0.2) is 24.8 Å². The summed E-state index contributed by atoms with van der Waals surface area (Å²) in [5, 5.41) is 0.412. The maximum atomic E-state index is 13.3. The Hall–Kier alpha value is -2.25. The van der Waals surface area contributed by atoms with E-state index in [-0.39, 0.29) is 40.3 Å². The number of anilines is 1. The summed E-state index contributed by atoms with van der Waals surface area (Å²) in [7, 11) is -5.57. The Morgan fingerprint density at radius 2 is 1.59 bits per heavy atom. The van der Waals surface area contributed by atoms with Gasteiger partial charge in [-0.05, 0) is 55.6 Å². The lowest BCUT2D eigenvalue weighted by Crippen LogP contribution is -2.39. The van der Waals surface area contributed by atoms with E-state index in [4.69, 9.17) is 4.74 Å². The van der Waals surface area contributed by atoms with Gasteiger partial charge in [0, 0.05) is 25.8 Å². The van der Waals surface area contributed by atoms with Gasteiger partial charge in [-0.25, -0.2) is 21.8 Å². The average Bonchev–Trinajstić information content (AvgIpc) is 3.28. The smallest absolute Gasteiger partial charge is 0.229 e. The van der Waals surface area contributed by atoms with Gasteiger partial charge in [0.1, 0.15) is 5.75 Å². The fourth-order valence-corrected chi connectivity index (χ4v) is 6.60. The van der Waals surface area contributed by atoms with Gasteiger partial charge < -0.3 is 9.64 Å². The molecule has 0 unspecified atom stereocenters. The molecule has 1 heterocycles. The average molecular weight is 590 g/mol. The Bertz CT molecular complexity index is 1420. The maximum absolute atomic E-state index is 13.3. The third kappa shape index (κ3) is 7.87. The molecule has 204 valence electrons. The summed E-state index contributed by atoms with van der Waals surface area (Å²) in [4.78, 5) is 21.8. The molecule has 0 fully saturated rings. The molecule has 0 aliphatic rings. The molecule has 2 aromatic carbocycles. The fourth-order valence-electron chi connectivity index (χ4n) is 3.60. The van der Waals surface area contributed by atoms with Crippen LogP contribution in [0.1, 0.15) is 20.3 Å². The van der Waals surface area contributed by atoms with Gasteiger partial charge in [0.2, 0.25) is 5.91 Å². The topological polar surface area (TPSA) is 114 Å². The summed E-state index contributed by atoms with van der Waals surface area (Å²) >= 11 is 1.21. The van der Waals surface area contributed by atoms with E-state index >= 15 is 0 Å². The number of halogens is 1. The maximum Gasteiger partial charge on any atom is 0.229 e. The number of nitrogens with zero attached hydrogens (tertiary/aromatic N) is 3. The first kappa shape index (κ1) is 31.0. The van der Waals surface area contributed by atoms with Gasteiger partial charge >= 0.3 is 0 Å². The number of ether oxygens (including phenoxy) is 1. The molecule has 0 saturated carbocycles. The number of sulfone groups is 2. The third-order valence-corrected chi connectivity index (χ3v) is 9.73. The van der Waals surface area contributed by atoms with Crippen LogP contribution in [0.15, 0.2) is 52.3 Å². The lowest BCUT2D eigenvalue weighted by Gasteiger charge is -2.24. The van der Waals surface area contributed by atoms with E-state index in [1.807, 2.05) is 13.8 Å². The molecule has 3 rings (SSSR count). The molecule has 0 atom stereocenters. The van der Waals surface area contributed by atoms with E-state index in [1.54, 1.807) is 24.3 Å². The van der Waals surface area contributed by atoms with Crippen LogP contribution in [-0.4, -0.2) is 77.9 Å². The summed E-state index contributed by atoms with van der Waals surface area (Å²) in [5.41, 5.74) is 0.578. The van der Waals surface area contributed by atoms with Crippen molar-refractivity contribution < 1.29 is 26.4 Å². The fraction of sp³-hybridized carbons (Fsp3) is 0.417. The lowest BCUT2D eigenvalue weighted by molar-refractivity contribution is -0.118. The van der Waals surface area contributed by atoms with Crippen molar-refractivity contribution in [3.05, 3.63) is 42.5 Å². The van der Waals surface area contributed by atoms with Crippen LogP contribution >= 0.6 is 23.7 Å². The lowest BCUT2D eigenvalue weighted by atomic mass is 10.3. The predicted molar refractivity (Wildman–Crippen MR) is 150 cm³/mol. The second-order valence-corrected chi connectivity index (χ2v) is 13.3. The zero-order chi connectivity index (χ0) is 26.5. The molecule has 0 radical (unpaired) electrons. The van der Waals surface area contributed by atoms with E-state index < -0.39 is 19.7 Å². The molecule has 0 bridgehead atoms. The van der Waals surface area contributed by atoms with E-state index in [0.717, 1.165) is 19.3 Å². The van der Waals surface area contributed by atoms with Crippen molar-refractivity contribution >= 4 is 64.7 Å². The van der Waals surface area contributed by atoms with Gasteiger partial charge in [0.05, 0.1) is 32.9 Å². The van der Waals surface area contributed by atoms with Crippen LogP contribution in [0, 0.1) is 0 Å². The first-order valence-electron chi connectivity index (χ1n) is 11.5. The molecular formula is C24H32ClN3O6S3. The van der Waals surface area contributed by atoms with Gasteiger partial charge in [-0.1, -0.05) is 25.2 Å². The first-order valence-corrected chi connectivity index (χ1v) is 15.8. The molecule has 1 aromatic heterocycles. The highest BCUT2D eigenvalue weighted by molar-refractivity contribution is 7.91. The Balaban J connectivity index is 0.00000481. The number of aromatic nitrogens is 1. The van der Waals surface area contributed by atoms with E-state index in [0.29, 0.717) is 34.2 Å². The summed E-state index contributed by atoms with van der Waals surface area (Å²) in [5.74, 6) is -0.160. The van der Waals surface area contributed by atoms with Gasteiger partial charge in [0.25, 0.3) is 0 Å². The number of amides is 1. The van der Waals surface area contributed by atoms with E-state index in [1.165, 1.54) is 41.5 Å². The number of carbonyl (C=O) groups excluding carboxylic acids is 1. The molecule has 37 heavy (non-hydrogen) atoms. The van der Waals surface area contributed by atoms with Crippen LogP contribution < -0.4 is 9.64 Å². The van der Waals surface area contributed by atoms with Crippen molar-refractivity contribution in [1.29, 1.82) is 0 Å². The van der Waals surface area contributed by atoms with Crippen LogP contribution in [0.2, 0.25) is 0 Å². The summed E-state index contributed by atoms with van der Waals surface area (Å²) in [6.45, 7) is 6.60. The van der Waals surface area contributed by atoms with E-state index in [2.05, 4.69) is 9.88 Å². The predicted octanol–water partition coefficient (Wildman–Crippen LogP) is 3.67. The Labute approximate surface area is 228 Å². The molecule has 1 amide bonds. The van der Waals surface area contributed by atoms with Crippen LogP contribution in [-0.2, 0) is 24.5 Å². The molecule has 0 aliphatic carbocycles. The van der Waals surface area contributed by atoms with Crippen molar-refractivity contribution in [2.24, 2.45) is 0 Å². The number of carbonyl (C=O) groups is 1. The second kappa shape index (κ2) is 13.0. The Morgan fingerprint density at radius 1 is 0.973 bits per heavy atom. The molecule has 9 nitrogen and oxygen atoms in total. The van der Waals surface area contributed by atoms with E-state index in [9.17, 15) is 21.6 Å². The van der Waals surface area contributed by atoms with Crippen LogP contribution in [0.25, 0.3) is 10.2 Å². The van der Waals surface area contributed by atoms with Crippen LogP contribution in [0.5, 0.6) is 5.75 Å². The van der Waals surface area contributed by atoms with Crippen molar-refractivity contribution in [1.82, 2.24) is 9.88 Å². The Morgan fingerprint density at radius 3 is 2.16 bits per heavy atom. The minimum Gasteiger partial charge on any atom is -0.497 e. The summed E-state index contributed by atoms with van der Waals surface area (Å²) in [6.07, 6.45) is 0.927. The van der Waals surface area contributed by atoms with Crippen LogP contribution in [0.3, 0.4) is 0 Å². The number of rotatable bonds is 12. The monoisotopic (exact) mass is 589 g/mol. The molecule has 13 heteroatoms. The quantitative estimate of drug-likeness (QED) is 0.314. The number of benzene rings is 2. The summed E-state index contributed by atoms with van der Waals surface area (Å²) < 4.78 is 55.3. The number of likely N-dealkylation sites (N-methyl/N-ethyl adjacent to an activating group) is 1. The molecule has 0 spiro atoms. The number of methoxy groups -OCH3 is 1. The molecular weight excluding hydrogens is 558 g/mol. The number of hydrogen-bond donors (Lipinski definition) is 0. The standard InChI is InChI=1S/C24H31N3O6S3.ClH/c1-5-26(6-2)14-15-27(24-25-21-12-11-20(35(4,29)30)17-22(21)34-24)23(28)13-16-36(31,32)19-9-7-18(33-3)8-10-19;/h7-12,17H,5-6,13-16H2,1-4H3;1H. The van der Waals surface area contributed by atoms with Gasteiger partial charge in [-0.15, -0.1) is 12.4 Å². The first-order chi connectivity index (χ1) is 17.0. The van der Waals surface area contributed by atoms with Gasteiger partial charge in [-0.2, -0.15) is 0 Å². The zero-order valence-corrected chi connectivity index (χ0v) is 24.5. The minimum absolute atomic E-state index is 0. The zero-order valence-electron chi connectivity index (χ0n) is 21.2. The van der Waals surface area contributed by atoms with Crippen molar-refractivity contribution in [3.8, 4) is 5.75 Å². The third-order valence-electron chi connectivity index (χ3n) is 5.85. The normalized spacial score (nSPS) is 11.9. The molecule has 0 N–H and O–H groups in total. The molecule has 3 aromatic rings. The van der Waals surface area contributed by atoms with Gasteiger partial charge in [-0.3, -0.25) is 9.69 Å². The Kier molecular flexibility index (Phi) is 10.9. The SMILES string of the molecule is CCN(CC)CCN(C(=O)CCS(=O)(=O)c1ccc(OC)cc1)c1nc2ccc(S(C)(=O)=O)cc2s1.Cl. The largest absolute Gasteiger partial charge is 0.497 e. The van der Waals surface area contributed by atoms with Crippen LogP contribution in [0.4, 0.5) is 5.13 Å². The highest BCUT2D eigenvalue weighted by Crippen LogP contribution is 2.31.